The van der Waals surface area contributed by atoms with Crippen LogP contribution in [0, 0.1) is 5.92 Å². The van der Waals surface area contributed by atoms with Gasteiger partial charge in [0.15, 0.2) is 0 Å². The summed E-state index contributed by atoms with van der Waals surface area (Å²) in [6.07, 6.45) is 1.04. The molecule has 1 atom stereocenters. The highest BCUT2D eigenvalue weighted by atomic mass is 32.2. The standard InChI is InChI=1S/C16H23F2N3O3S/c17-16(18)25(23,24)21-8-6-12(7-9-21)11-20-15(22)10-14(19)13-4-2-1-3-5-13/h1-5,12,14,16H,6-11,19H2,(H,20,22). The van der Waals surface area contributed by atoms with Crippen LogP contribution in [0.5, 0.6) is 0 Å². The number of carbonyl (C=O) groups excluding carboxylic acids is 1. The molecule has 1 aliphatic heterocycles. The van der Waals surface area contributed by atoms with Crippen molar-refractivity contribution in [1.82, 2.24) is 9.62 Å². The third kappa shape index (κ3) is 5.45. The fourth-order valence-electron chi connectivity index (χ4n) is 2.83. The van der Waals surface area contributed by atoms with Gasteiger partial charge in [0.1, 0.15) is 0 Å². The van der Waals surface area contributed by atoms with Crippen LogP contribution in [0.15, 0.2) is 30.3 Å². The molecule has 6 nitrogen and oxygen atoms in total. The average Bonchev–Trinajstić information content (AvgIpc) is 2.61. The van der Waals surface area contributed by atoms with E-state index in [0.29, 0.717) is 19.4 Å². The Bertz CT molecular complexity index is 662. The fraction of sp³-hybridized carbons (Fsp3) is 0.562. The summed E-state index contributed by atoms with van der Waals surface area (Å²) in [7, 11) is -4.51. The monoisotopic (exact) mass is 375 g/mol. The maximum Gasteiger partial charge on any atom is 0.350 e. The number of hydrogen-bond donors (Lipinski definition) is 2. The molecule has 0 bridgehead atoms. The molecule has 0 saturated carbocycles. The maximum absolute atomic E-state index is 12.5. The maximum atomic E-state index is 12.5. The third-order valence-corrected chi connectivity index (χ3v) is 5.91. The Balaban J connectivity index is 1.73. The molecule has 1 heterocycles. The summed E-state index contributed by atoms with van der Waals surface area (Å²) in [5.41, 5.74) is 6.87. The predicted molar refractivity (Wildman–Crippen MR) is 90.2 cm³/mol. The Morgan fingerprint density at radius 3 is 2.40 bits per heavy atom. The highest BCUT2D eigenvalue weighted by molar-refractivity contribution is 7.89. The number of carbonyl (C=O) groups is 1. The van der Waals surface area contributed by atoms with Gasteiger partial charge in [-0.15, -0.1) is 0 Å². The van der Waals surface area contributed by atoms with E-state index in [0.717, 1.165) is 9.87 Å². The highest BCUT2D eigenvalue weighted by Gasteiger charge is 2.34. The highest BCUT2D eigenvalue weighted by Crippen LogP contribution is 2.22. The van der Waals surface area contributed by atoms with Gasteiger partial charge in [-0.2, -0.15) is 13.1 Å². The zero-order valence-corrected chi connectivity index (χ0v) is 14.6. The zero-order valence-electron chi connectivity index (χ0n) is 13.8. The lowest BCUT2D eigenvalue weighted by Crippen LogP contribution is -2.43. The second kappa shape index (κ2) is 8.68. The SMILES string of the molecule is NC(CC(=O)NCC1CCN(S(=O)(=O)C(F)F)CC1)c1ccccc1. The Labute approximate surface area is 146 Å². The molecule has 1 unspecified atom stereocenters. The van der Waals surface area contributed by atoms with Crippen LogP contribution in [-0.4, -0.2) is 44.0 Å². The molecule has 0 radical (unpaired) electrons. The largest absolute Gasteiger partial charge is 0.356 e. The van der Waals surface area contributed by atoms with Crippen LogP contribution in [0.25, 0.3) is 0 Å². The molecular weight excluding hydrogens is 352 g/mol. The van der Waals surface area contributed by atoms with E-state index in [9.17, 15) is 22.0 Å². The predicted octanol–water partition coefficient (Wildman–Crippen LogP) is 1.46. The first-order valence-electron chi connectivity index (χ1n) is 8.15. The molecule has 3 N–H and O–H groups in total. The number of hydrogen-bond acceptors (Lipinski definition) is 4. The Hall–Kier alpha value is -1.58. The lowest BCUT2D eigenvalue weighted by molar-refractivity contribution is -0.121. The van der Waals surface area contributed by atoms with Crippen LogP contribution in [0.1, 0.15) is 30.9 Å². The Morgan fingerprint density at radius 2 is 1.84 bits per heavy atom. The minimum atomic E-state index is -4.51. The van der Waals surface area contributed by atoms with Gasteiger partial charge < -0.3 is 11.1 Å². The van der Waals surface area contributed by atoms with Crippen LogP contribution in [0.4, 0.5) is 8.78 Å². The Morgan fingerprint density at radius 1 is 1.24 bits per heavy atom. The first kappa shape index (κ1) is 19.7. The number of sulfonamides is 1. The summed E-state index contributed by atoms with van der Waals surface area (Å²) in [4.78, 5) is 12.0. The molecule has 1 aromatic carbocycles. The van der Waals surface area contributed by atoms with Crippen molar-refractivity contribution in [3.8, 4) is 0 Å². The van der Waals surface area contributed by atoms with Gasteiger partial charge in [0.2, 0.25) is 5.91 Å². The molecule has 1 aliphatic rings. The van der Waals surface area contributed by atoms with Crippen molar-refractivity contribution in [2.24, 2.45) is 11.7 Å². The summed E-state index contributed by atoms with van der Waals surface area (Å²) in [6, 6.07) is 8.91. The van der Waals surface area contributed by atoms with E-state index >= 15 is 0 Å². The number of alkyl halides is 2. The van der Waals surface area contributed by atoms with Crippen LogP contribution in [0.3, 0.4) is 0 Å². The number of rotatable bonds is 7. The fourth-order valence-corrected chi connectivity index (χ4v) is 3.77. The van der Waals surface area contributed by atoms with E-state index in [1.54, 1.807) is 0 Å². The first-order valence-corrected chi connectivity index (χ1v) is 9.65. The van der Waals surface area contributed by atoms with Crippen molar-refractivity contribution in [3.05, 3.63) is 35.9 Å². The molecular formula is C16H23F2N3O3S. The van der Waals surface area contributed by atoms with Crippen LogP contribution in [-0.2, 0) is 14.8 Å². The van der Waals surface area contributed by atoms with E-state index in [1.165, 1.54) is 0 Å². The molecule has 1 fully saturated rings. The lowest BCUT2D eigenvalue weighted by Gasteiger charge is -2.30. The second-order valence-corrected chi connectivity index (χ2v) is 8.08. The van der Waals surface area contributed by atoms with Crippen molar-refractivity contribution in [1.29, 1.82) is 0 Å². The van der Waals surface area contributed by atoms with E-state index < -0.39 is 15.8 Å². The van der Waals surface area contributed by atoms with Gasteiger partial charge in [0.25, 0.3) is 10.0 Å². The molecule has 9 heteroatoms. The molecule has 1 amide bonds. The quantitative estimate of drug-likeness (QED) is 0.755. The van der Waals surface area contributed by atoms with E-state index in [4.69, 9.17) is 5.73 Å². The minimum Gasteiger partial charge on any atom is -0.356 e. The van der Waals surface area contributed by atoms with Gasteiger partial charge in [0, 0.05) is 32.1 Å². The lowest BCUT2D eigenvalue weighted by atomic mass is 9.98. The molecule has 2 rings (SSSR count). The van der Waals surface area contributed by atoms with Gasteiger partial charge in [0.05, 0.1) is 0 Å². The number of piperidine rings is 1. The number of nitrogens with one attached hydrogen (secondary N) is 1. The number of nitrogens with zero attached hydrogens (tertiary/aromatic N) is 1. The number of halogens is 2. The van der Waals surface area contributed by atoms with Gasteiger partial charge in [-0.3, -0.25) is 4.79 Å². The molecule has 0 spiro atoms. The number of benzene rings is 1. The molecule has 1 saturated heterocycles. The van der Waals surface area contributed by atoms with E-state index in [1.807, 2.05) is 30.3 Å². The third-order valence-electron chi connectivity index (χ3n) is 4.38. The summed E-state index contributed by atoms with van der Waals surface area (Å²) in [5, 5.41) is 2.79. The van der Waals surface area contributed by atoms with Crippen molar-refractivity contribution >= 4 is 15.9 Å². The minimum absolute atomic E-state index is 0.0523. The van der Waals surface area contributed by atoms with Crippen molar-refractivity contribution in [3.63, 3.8) is 0 Å². The van der Waals surface area contributed by atoms with Crippen molar-refractivity contribution in [2.75, 3.05) is 19.6 Å². The summed E-state index contributed by atoms with van der Waals surface area (Å²) in [6.45, 7) is 0.496. The smallest absolute Gasteiger partial charge is 0.350 e. The van der Waals surface area contributed by atoms with Crippen LogP contribution < -0.4 is 11.1 Å². The van der Waals surface area contributed by atoms with Gasteiger partial charge >= 0.3 is 5.76 Å². The van der Waals surface area contributed by atoms with Gasteiger partial charge in [-0.1, -0.05) is 30.3 Å². The average molecular weight is 375 g/mol. The summed E-state index contributed by atoms with van der Waals surface area (Å²) in [5.74, 6) is -3.50. The summed E-state index contributed by atoms with van der Waals surface area (Å²) >= 11 is 0. The molecule has 1 aromatic rings. The molecule has 25 heavy (non-hydrogen) atoms. The van der Waals surface area contributed by atoms with Gasteiger partial charge in [-0.25, -0.2) is 8.42 Å². The number of nitrogens with two attached hydrogens (primary N) is 1. The first-order chi connectivity index (χ1) is 11.8. The normalized spacial score (nSPS) is 18.2. The van der Waals surface area contributed by atoms with Crippen LogP contribution >= 0.6 is 0 Å². The van der Waals surface area contributed by atoms with E-state index in [-0.39, 0.29) is 37.4 Å². The topological polar surface area (TPSA) is 92.5 Å². The molecule has 0 aromatic heterocycles. The number of amides is 1. The second-order valence-electron chi connectivity index (χ2n) is 6.17. The van der Waals surface area contributed by atoms with Crippen molar-refractivity contribution in [2.45, 2.75) is 31.1 Å². The van der Waals surface area contributed by atoms with Crippen LogP contribution in [0.2, 0.25) is 0 Å². The molecule has 140 valence electrons. The summed E-state index contributed by atoms with van der Waals surface area (Å²) < 4.78 is 48.7. The molecule has 0 aliphatic carbocycles. The van der Waals surface area contributed by atoms with Crippen molar-refractivity contribution < 1.29 is 22.0 Å². The van der Waals surface area contributed by atoms with E-state index in [2.05, 4.69) is 5.32 Å². The zero-order chi connectivity index (χ0) is 18.4. The Kier molecular flexibility index (Phi) is 6.86. The van der Waals surface area contributed by atoms with Gasteiger partial charge in [-0.05, 0) is 24.3 Å².